The highest BCUT2D eigenvalue weighted by Gasteiger charge is 2.31. The summed E-state index contributed by atoms with van der Waals surface area (Å²) in [5, 5.41) is 0. The summed E-state index contributed by atoms with van der Waals surface area (Å²) in [5.41, 5.74) is 5.24. The summed E-state index contributed by atoms with van der Waals surface area (Å²) in [7, 11) is 0. The van der Waals surface area contributed by atoms with E-state index in [1.807, 2.05) is 0 Å². The Hall–Kier alpha value is -1.41. The lowest BCUT2D eigenvalue weighted by molar-refractivity contribution is -0.137. The standard InChI is InChI=1S/C11H7BrF3N3S/c12-7-5-6(11(13,14)15)1-2-8(7)18-4-3-17-10(18)9(16)19/h1-5H,(H2,16,19). The Morgan fingerprint density at radius 2 is 2.05 bits per heavy atom. The highest BCUT2D eigenvalue weighted by molar-refractivity contribution is 9.10. The van der Waals surface area contributed by atoms with Gasteiger partial charge in [-0.05, 0) is 34.1 Å². The number of hydrogen-bond acceptors (Lipinski definition) is 2. The maximum atomic E-state index is 12.6. The van der Waals surface area contributed by atoms with Gasteiger partial charge in [0.05, 0.1) is 11.3 Å². The highest BCUT2D eigenvalue weighted by atomic mass is 79.9. The highest BCUT2D eigenvalue weighted by Crippen LogP contribution is 2.33. The molecule has 19 heavy (non-hydrogen) atoms. The molecule has 0 aliphatic carbocycles. The van der Waals surface area contributed by atoms with E-state index in [9.17, 15) is 13.2 Å². The van der Waals surface area contributed by atoms with Gasteiger partial charge >= 0.3 is 6.18 Å². The average Bonchev–Trinajstić information content (AvgIpc) is 2.76. The van der Waals surface area contributed by atoms with Crippen LogP contribution in [0.15, 0.2) is 35.1 Å². The molecule has 2 rings (SSSR count). The summed E-state index contributed by atoms with van der Waals surface area (Å²) < 4.78 is 39.5. The first-order valence-electron chi connectivity index (χ1n) is 5.01. The van der Waals surface area contributed by atoms with Gasteiger partial charge in [0.25, 0.3) is 0 Å². The van der Waals surface area contributed by atoms with Gasteiger partial charge in [-0.15, -0.1) is 0 Å². The number of rotatable bonds is 2. The quantitative estimate of drug-likeness (QED) is 0.846. The second-order valence-electron chi connectivity index (χ2n) is 3.65. The van der Waals surface area contributed by atoms with Crippen LogP contribution in [0, 0.1) is 0 Å². The summed E-state index contributed by atoms with van der Waals surface area (Å²) >= 11 is 7.94. The molecule has 0 amide bonds. The van der Waals surface area contributed by atoms with Crippen LogP contribution in [-0.4, -0.2) is 14.5 Å². The van der Waals surface area contributed by atoms with Gasteiger partial charge in [-0.2, -0.15) is 13.2 Å². The Labute approximate surface area is 120 Å². The number of alkyl halides is 3. The lowest BCUT2D eigenvalue weighted by Gasteiger charge is -2.12. The molecule has 0 radical (unpaired) electrons. The minimum absolute atomic E-state index is 0.0665. The number of benzene rings is 1. The zero-order valence-electron chi connectivity index (χ0n) is 9.28. The maximum absolute atomic E-state index is 12.6. The smallest absolute Gasteiger partial charge is 0.387 e. The SMILES string of the molecule is NC(=S)c1nccn1-c1ccc(C(F)(F)F)cc1Br. The minimum Gasteiger partial charge on any atom is -0.387 e. The predicted octanol–water partition coefficient (Wildman–Crippen LogP) is 3.29. The number of hydrogen-bond donors (Lipinski definition) is 1. The molecular formula is C11H7BrF3N3S. The van der Waals surface area contributed by atoms with Crippen molar-refractivity contribution in [3.8, 4) is 5.69 Å². The van der Waals surface area contributed by atoms with E-state index in [-0.39, 0.29) is 9.46 Å². The third-order valence-corrected chi connectivity index (χ3v) is 3.21. The molecule has 0 unspecified atom stereocenters. The molecule has 0 atom stereocenters. The van der Waals surface area contributed by atoms with Gasteiger partial charge in [-0.25, -0.2) is 4.98 Å². The van der Waals surface area contributed by atoms with Crippen molar-refractivity contribution >= 4 is 33.1 Å². The molecule has 0 aliphatic heterocycles. The fourth-order valence-electron chi connectivity index (χ4n) is 1.56. The molecule has 0 fully saturated rings. The van der Waals surface area contributed by atoms with Crippen LogP contribution in [-0.2, 0) is 6.18 Å². The van der Waals surface area contributed by atoms with E-state index in [1.165, 1.54) is 16.8 Å². The van der Waals surface area contributed by atoms with Gasteiger partial charge in [0.1, 0.15) is 4.99 Å². The molecule has 0 bridgehead atoms. The lowest BCUT2D eigenvalue weighted by atomic mass is 10.2. The third kappa shape index (κ3) is 2.79. The van der Waals surface area contributed by atoms with Crippen LogP contribution in [0.2, 0.25) is 0 Å². The van der Waals surface area contributed by atoms with E-state index in [1.54, 1.807) is 6.20 Å². The second-order valence-corrected chi connectivity index (χ2v) is 4.94. The van der Waals surface area contributed by atoms with Crippen LogP contribution in [0.4, 0.5) is 13.2 Å². The number of nitrogens with two attached hydrogens (primary N) is 1. The molecular weight excluding hydrogens is 343 g/mol. The number of aromatic nitrogens is 2. The van der Waals surface area contributed by atoms with Gasteiger partial charge < -0.3 is 5.73 Å². The second kappa shape index (κ2) is 4.93. The normalized spacial score (nSPS) is 11.6. The van der Waals surface area contributed by atoms with Crippen LogP contribution in [0.25, 0.3) is 5.69 Å². The topological polar surface area (TPSA) is 43.8 Å². The Morgan fingerprint density at radius 1 is 1.37 bits per heavy atom. The fraction of sp³-hybridized carbons (Fsp3) is 0.0909. The van der Waals surface area contributed by atoms with Gasteiger partial charge in [0, 0.05) is 16.9 Å². The molecule has 0 saturated carbocycles. The fourth-order valence-corrected chi connectivity index (χ4v) is 2.28. The maximum Gasteiger partial charge on any atom is 0.416 e. The monoisotopic (exact) mass is 349 g/mol. The molecule has 8 heteroatoms. The first-order chi connectivity index (χ1) is 8.80. The van der Waals surface area contributed by atoms with Crippen molar-refractivity contribution in [2.24, 2.45) is 5.73 Å². The molecule has 1 aromatic heterocycles. The van der Waals surface area contributed by atoms with E-state index in [2.05, 4.69) is 20.9 Å². The van der Waals surface area contributed by atoms with Crippen molar-refractivity contribution in [1.29, 1.82) is 0 Å². The lowest BCUT2D eigenvalue weighted by Crippen LogP contribution is -2.16. The van der Waals surface area contributed by atoms with Crippen molar-refractivity contribution in [2.75, 3.05) is 0 Å². The molecule has 0 saturated heterocycles. The number of nitrogens with zero attached hydrogens (tertiary/aromatic N) is 2. The van der Waals surface area contributed by atoms with E-state index in [4.69, 9.17) is 18.0 Å². The molecule has 0 spiro atoms. The molecule has 1 aromatic carbocycles. The van der Waals surface area contributed by atoms with E-state index < -0.39 is 11.7 Å². The minimum atomic E-state index is -4.39. The molecule has 2 aromatic rings. The van der Waals surface area contributed by atoms with Crippen LogP contribution >= 0.6 is 28.1 Å². The first kappa shape index (κ1) is 14.0. The zero-order chi connectivity index (χ0) is 14.2. The Balaban J connectivity index is 2.53. The van der Waals surface area contributed by atoms with Crippen molar-refractivity contribution in [1.82, 2.24) is 9.55 Å². The van der Waals surface area contributed by atoms with Gasteiger partial charge in [-0.3, -0.25) is 4.57 Å². The van der Waals surface area contributed by atoms with Crippen LogP contribution < -0.4 is 5.73 Å². The Bertz CT molecular complexity index is 636. The van der Waals surface area contributed by atoms with Crippen LogP contribution in [0.5, 0.6) is 0 Å². The van der Waals surface area contributed by atoms with E-state index in [0.29, 0.717) is 11.5 Å². The molecule has 100 valence electrons. The summed E-state index contributed by atoms with van der Waals surface area (Å²) in [6, 6.07) is 3.32. The Kier molecular flexibility index (Phi) is 3.64. The average molecular weight is 350 g/mol. The third-order valence-electron chi connectivity index (χ3n) is 2.40. The predicted molar refractivity (Wildman–Crippen MR) is 72.2 cm³/mol. The van der Waals surface area contributed by atoms with Crippen molar-refractivity contribution in [3.63, 3.8) is 0 Å². The largest absolute Gasteiger partial charge is 0.416 e. The summed E-state index contributed by atoms with van der Waals surface area (Å²) in [5.74, 6) is 0.315. The van der Waals surface area contributed by atoms with E-state index >= 15 is 0 Å². The van der Waals surface area contributed by atoms with Crippen molar-refractivity contribution < 1.29 is 13.2 Å². The van der Waals surface area contributed by atoms with Crippen LogP contribution in [0.1, 0.15) is 11.4 Å². The molecule has 2 N–H and O–H groups in total. The summed E-state index contributed by atoms with van der Waals surface area (Å²) in [6.07, 6.45) is -1.34. The molecule has 3 nitrogen and oxygen atoms in total. The number of imidazole rings is 1. The van der Waals surface area contributed by atoms with E-state index in [0.717, 1.165) is 12.1 Å². The zero-order valence-corrected chi connectivity index (χ0v) is 11.7. The molecule has 0 aliphatic rings. The first-order valence-corrected chi connectivity index (χ1v) is 6.21. The van der Waals surface area contributed by atoms with Crippen molar-refractivity contribution in [2.45, 2.75) is 6.18 Å². The van der Waals surface area contributed by atoms with Crippen molar-refractivity contribution in [3.05, 3.63) is 46.5 Å². The number of halogens is 4. The summed E-state index contributed by atoms with van der Waals surface area (Å²) in [4.78, 5) is 4.02. The number of thiocarbonyl (C=S) groups is 1. The summed E-state index contributed by atoms with van der Waals surface area (Å²) in [6.45, 7) is 0. The van der Waals surface area contributed by atoms with Gasteiger partial charge in [-0.1, -0.05) is 12.2 Å². The Morgan fingerprint density at radius 3 is 2.58 bits per heavy atom. The van der Waals surface area contributed by atoms with Gasteiger partial charge in [0.15, 0.2) is 5.82 Å². The van der Waals surface area contributed by atoms with Gasteiger partial charge in [0.2, 0.25) is 0 Å². The van der Waals surface area contributed by atoms with Crippen LogP contribution in [0.3, 0.4) is 0 Å². The molecule has 1 heterocycles.